The van der Waals surface area contributed by atoms with Gasteiger partial charge in [0, 0.05) is 43.8 Å². The van der Waals surface area contributed by atoms with Crippen molar-refractivity contribution in [2.45, 2.75) is 44.9 Å². The van der Waals surface area contributed by atoms with Crippen LogP contribution in [0.5, 0.6) is 0 Å². The molecule has 1 fully saturated rings. The van der Waals surface area contributed by atoms with Gasteiger partial charge in [-0.1, -0.05) is 0 Å². The molecule has 5 nitrogen and oxygen atoms in total. The van der Waals surface area contributed by atoms with Crippen molar-refractivity contribution in [3.63, 3.8) is 0 Å². The van der Waals surface area contributed by atoms with Crippen LogP contribution in [0, 0.1) is 0 Å². The van der Waals surface area contributed by atoms with Gasteiger partial charge >= 0.3 is 0 Å². The molecule has 0 aromatic carbocycles. The van der Waals surface area contributed by atoms with Gasteiger partial charge in [-0.25, -0.2) is 9.97 Å². The van der Waals surface area contributed by atoms with Crippen LogP contribution < -0.4 is 5.32 Å². The molecular weight excluding hydrogens is 226 g/mol. The lowest BCUT2D eigenvalue weighted by Crippen LogP contribution is -2.20. The maximum atomic E-state index is 4.27. The molecule has 96 valence electrons. The van der Waals surface area contributed by atoms with E-state index in [1.165, 1.54) is 18.5 Å². The zero-order valence-electron chi connectivity index (χ0n) is 10.7. The number of aromatic nitrogens is 4. The number of hydrogen-bond acceptors (Lipinski definition) is 3. The smallest absolute Gasteiger partial charge is 0.0951 e. The van der Waals surface area contributed by atoms with Crippen molar-refractivity contribution in [1.82, 2.24) is 24.4 Å². The van der Waals surface area contributed by atoms with Crippen molar-refractivity contribution < 1.29 is 0 Å². The van der Waals surface area contributed by atoms with Gasteiger partial charge in [0.05, 0.1) is 18.3 Å². The van der Waals surface area contributed by atoms with E-state index >= 15 is 0 Å². The zero-order chi connectivity index (χ0) is 12.4. The van der Waals surface area contributed by atoms with Gasteiger partial charge < -0.3 is 14.5 Å². The van der Waals surface area contributed by atoms with Crippen molar-refractivity contribution in [1.29, 1.82) is 0 Å². The normalized spacial score (nSPS) is 16.9. The van der Waals surface area contributed by atoms with E-state index in [2.05, 4.69) is 31.3 Å². The molecule has 18 heavy (non-hydrogen) atoms. The average Bonchev–Trinajstić information content (AvgIpc) is 2.88. The summed E-state index contributed by atoms with van der Waals surface area (Å²) in [5.41, 5.74) is 1.26. The Morgan fingerprint density at radius 3 is 3.00 bits per heavy atom. The molecule has 1 atom stereocenters. The fourth-order valence-corrected chi connectivity index (χ4v) is 2.19. The first-order chi connectivity index (χ1) is 8.83. The van der Waals surface area contributed by atoms with Crippen molar-refractivity contribution >= 4 is 0 Å². The van der Waals surface area contributed by atoms with E-state index in [4.69, 9.17) is 0 Å². The fourth-order valence-electron chi connectivity index (χ4n) is 2.19. The van der Waals surface area contributed by atoms with Gasteiger partial charge in [0.15, 0.2) is 0 Å². The topological polar surface area (TPSA) is 47.7 Å². The third-order valence-electron chi connectivity index (χ3n) is 3.40. The van der Waals surface area contributed by atoms with Crippen LogP contribution in [0.2, 0.25) is 0 Å². The first-order valence-corrected chi connectivity index (χ1v) is 6.53. The Labute approximate surface area is 107 Å². The molecule has 5 heteroatoms. The van der Waals surface area contributed by atoms with Crippen LogP contribution in [-0.2, 0) is 13.1 Å². The Balaban J connectivity index is 1.64. The third-order valence-corrected chi connectivity index (χ3v) is 3.40. The highest BCUT2D eigenvalue weighted by Gasteiger charge is 2.21. The van der Waals surface area contributed by atoms with Crippen LogP contribution in [0.15, 0.2) is 31.2 Å². The Morgan fingerprint density at radius 2 is 2.28 bits per heavy atom. The summed E-state index contributed by atoms with van der Waals surface area (Å²) in [6.45, 7) is 4.05. The van der Waals surface area contributed by atoms with Gasteiger partial charge in [0.2, 0.25) is 0 Å². The quantitative estimate of drug-likeness (QED) is 0.840. The second-order valence-corrected chi connectivity index (χ2v) is 5.06. The Kier molecular flexibility index (Phi) is 3.15. The van der Waals surface area contributed by atoms with Crippen LogP contribution >= 0.6 is 0 Å². The van der Waals surface area contributed by atoms with Crippen LogP contribution in [0.3, 0.4) is 0 Å². The molecule has 1 aliphatic carbocycles. The number of imidazole rings is 2. The predicted molar refractivity (Wildman–Crippen MR) is 69.0 cm³/mol. The molecule has 0 aliphatic heterocycles. The second-order valence-electron chi connectivity index (χ2n) is 5.06. The largest absolute Gasteiger partial charge is 0.335 e. The summed E-state index contributed by atoms with van der Waals surface area (Å²) in [5, 5.41) is 3.53. The molecule has 0 saturated heterocycles. The van der Waals surface area contributed by atoms with Gasteiger partial charge in [-0.05, 0) is 19.8 Å². The zero-order valence-corrected chi connectivity index (χ0v) is 10.7. The maximum Gasteiger partial charge on any atom is 0.0951 e. The fraction of sp³-hybridized carbons (Fsp3) is 0.538. The number of hydrogen-bond donors (Lipinski definition) is 1. The van der Waals surface area contributed by atoms with Gasteiger partial charge in [0.25, 0.3) is 0 Å². The first-order valence-electron chi connectivity index (χ1n) is 6.53. The molecule has 1 aliphatic rings. The minimum atomic E-state index is 0.387. The van der Waals surface area contributed by atoms with Crippen molar-refractivity contribution in [3.8, 4) is 0 Å². The average molecular weight is 245 g/mol. The summed E-state index contributed by atoms with van der Waals surface area (Å²) in [4.78, 5) is 8.34. The predicted octanol–water partition coefficient (Wildman–Crippen LogP) is 1.59. The molecule has 2 aromatic heterocycles. The molecule has 1 unspecified atom stereocenters. The number of nitrogens with one attached hydrogen (secondary N) is 1. The highest BCUT2D eigenvalue weighted by molar-refractivity contribution is 5.01. The van der Waals surface area contributed by atoms with Gasteiger partial charge in [-0.3, -0.25) is 0 Å². The van der Waals surface area contributed by atoms with E-state index < -0.39 is 0 Å². The standard InChI is InChI=1S/C13H19N5/c1-11(8-17-5-4-14-9-17)18-10-15-6-13(18)7-16-12-2-3-12/h4-6,9-12,16H,2-3,7-8H2,1H3. The van der Waals surface area contributed by atoms with E-state index in [0.717, 1.165) is 19.1 Å². The highest BCUT2D eigenvalue weighted by atomic mass is 15.1. The van der Waals surface area contributed by atoms with E-state index in [0.29, 0.717) is 6.04 Å². The summed E-state index contributed by atoms with van der Waals surface area (Å²) >= 11 is 0. The van der Waals surface area contributed by atoms with Crippen molar-refractivity contribution in [2.75, 3.05) is 0 Å². The van der Waals surface area contributed by atoms with Crippen LogP contribution in [-0.4, -0.2) is 25.1 Å². The summed E-state index contributed by atoms with van der Waals surface area (Å²) in [6, 6.07) is 1.12. The monoisotopic (exact) mass is 245 g/mol. The Bertz CT molecular complexity index is 483. The molecule has 0 bridgehead atoms. The van der Waals surface area contributed by atoms with Gasteiger partial charge in [0.1, 0.15) is 0 Å². The lowest BCUT2D eigenvalue weighted by Gasteiger charge is -2.17. The molecule has 2 aromatic rings. The molecule has 2 heterocycles. The lowest BCUT2D eigenvalue weighted by atomic mass is 10.3. The van der Waals surface area contributed by atoms with Crippen molar-refractivity contribution in [2.24, 2.45) is 0 Å². The van der Waals surface area contributed by atoms with E-state index in [-0.39, 0.29) is 0 Å². The second kappa shape index (κ2) is 4.94. The molecule has 0 amide bonds. The maximum absolute atomic E-state index is 4.27. The number of nitrogens with zero attached hydrogens (tertiary/aromatic N) is 4. The number of rotatable bonds is 6. The summed E-state index contributed by atoms with van der Waals surface area (Å²) in [7, 11) is 0. The molecule has 0 radical (unpaired) electrons. The third kappa shape index (κ3) is 2.61. The highest BCUT2D eigenvalue weighted by Crippen LogP contribution is 2.20. The Morgan fingerprint density at radius 1 is 1.39 bits per heavy atom. The SMILES string of the molecule is CC(Cn1ccnc1)n1cncc1CNC1CC1. The van der Waals surface area contributed by atoms with E-state index in [9.17, 15) is 0 Å². The minimum Gasteiger partial charge on any atom is -0.335 e. The summed E-state index contributed by atoms with van der Waals surface area (Å²) in [5.74, 6) is 0. The molecule has 0 spiro atoms. The molecule has 1 saturated carbocycles. The van der Waals surface area contributed by atoms with Crippen LogP contribution in [0.25, 0.3) is 0 Å². The van der Waals surface area contributed by atoms with Crippen LogP contribution in [0.4, 0.5) is 0 Å². The summed E-state index contributed by atoms with van der Waals surface area (Å²) in [6.07, 6.45) is 12.2. The Hall–Kier alpha value is -1.62. The van der Waals surface area contributed by atoms with E-state index in [1.54, 1.807) is 0 Å². The van der Waals surface area contributed by atoms with E-state index in [1.807, 2.05) is 31.2 Å². The van der Waals surface area contributed by atoms with Crippen molar-refractivity contribution in [3.05, 3.63) is 36.9 Å². The summed E-state index contributed by atoms with van der Waals surface area (Å²) < 4.78 is 4.35. The molecule has 1 N–H and O–H groups in total. The van der Waals surface area contributed by atoms with Gasteiger partial charge in [-0.15, -0.1) is 0 Å². The van der Waals surface area contributed by atoms with Gasteiger partial charge in [-0.2, -0.15) is 0 Å². The lowest BCUT2D eigenvalue weighted by molar-refractivity contribution is 0.446. The molecule has 3 rings (SSSR count). The van der Waals surface area contributed by atoms with Crippen LogP contribution in [0.1, 0.15) is 31.5 Å². The molecular formula is C13H19N5. The minimum absolute atomic E-state index is 0.387. The first kappa shape index (κ1) is 11.5.